The molecule has 1 aliphatic rings. The zero-order chi connectivity index (χ0) is 23.9. The minimum absolute atomic E-state index is 0.986. The average Bonchev–Trinajstić information content (AvgIpc) is 3.39. The number of rotatable bonds is 5. The smallest absolute Gasteiger partial charge is 0.0702 e. The number of hydrogen-bond donors (Lipinski definition) is 0. The molecule has 3 aromatic carbocycles. The van der Waals surface area contributed by atoms with Gasteiger partial charge in [0, 0.05) is 26.9 Å². The van der Waals surface area contributed by atoms with Gasteiger partial charge in [0.1, 0.15) is 0 Å². The topological polar surface area (TPSA) is 9.86 Å². The van der Waals surface area contributed by atoms with E-state index >= 15 is 0 Å². The molecule has 0 N–H and O–H groups in total. The molecule has 0 radical (unpaired) electrons. The Morgan fingerprint density at radius 2 is 1.54 bits per heavy atom. The maximum atomic E-state index is 4.17. The lowest BCUT2D eigenvalue weighted by Crippen LogP contribution is -2.30. The third-order valence-electron chi connectivity index (χ3n) is 7.08. The van der Waals surface area contributed by atoms with Crippen molar-refractivity contribution in [3.63, 3.8) is 0 Å². The predicted molar refractivity (Wildman–Crippen MR) is 152 cm³/mol. The molecule has 5 aromatic rings. The lowest BCUT2D eigenvalue weighted by molar-refractivity contribution is 0.990. The molecule has 0 amide bonds. The maximum Gasteiger partial charge on any atom is 0.0702 e. The van der Waals surface area contributed by atoms with Crippen LogP contribution in [0.5, 0.6) is 0 Å². The molecule has 2 nitrogen and oxygen atoms in total. The maximum absolute atomic E-state index is 4.17. The van der Waals surface area contributed by atoms with Crippen LogP contribution in [-0.2, 0) is 0 Å². The molecule has 2 aromatic heterocycles. The van der Waals surface area contributed by atoms with Crippen LogP contribution >= 0.6 is 0 Å². The summed E-state index contributed by atoms with van der Waals surface area (Å²) in [6, 6.07) is 24.3. The summed E-state index contributed by atoms with van der Waals surface area (Å²) < 4.78 is 4.87. The quantitative estimate of drug-likeness (QED) is 0.264. The summed E-state index contributed by atoms with van der Waals surface area (Å²) in [6.45, 7) is 8.53. The lowest BCUT2D eigenvalue weighted by atomic mass is 10.1. The molecule has 1 aliphatic carbocycles. The summed E-state index contributed by atoms with van der Waals surface area (Å²) in [6.07, 6.45) is 14.4. The normalized spacial score (nSPS) is 13.2. The summed E-state index contributed by atoms with van der Waals surface area (Å²) in [4.78, 5) is 0. The third-order valence-corrected chi connectivity index (χ3v) is 7.08. The van der Waals surface area contributed by atoms with Crippen LogP contribution in [-0.4, -0.2) is 9.13 Å². The van der Waals surface area contributed by atoms with Crippen molar-refractivity contribution in [3.8, 4) is 11.4 Å². The van der Waals surface area contributed by atoms with Crippen molar-refractivity contribution in [2.45, 2.75) is 33.1 Å². The Morgan fingerprint density at radius 1 is 0.829 bits per heavy atom. The van der Waals surface area contributed by atoms with Crippen molar-refractivity contribution < 1.29 is 0 Å². The molecule has 2 heteroatoms. The van der Waals surface area contributed by atoms with Crippen molar-refractivity contribution >= 4 is 46.1 Å². The van der Waals surface area contributed by atoms with Gasteiger partial charge in [-0.3, -0.25) is 0 Å². The van der Waals surface area contributed by atoms with Gasteiger partial charge in [-0.25, -0.2) is 0 Å². The van der Waals surface area contributed by atoms with Gasteiger partial charge in [0.25, 0.3) is 0 Å². The number of hydrogen-bond acceptors (Lipinski definition) is 0. The van der Waals surface area contributed by atoms with Crippen molar-refractivity contribution in [1.29, 1.82) is 0 Å². The third kappa shape index (κ3) is 3.32. The van der Waals surface area contributed by atoms with E-state index in [0.29, 0.717) is 0 Å². The fourth-order valence-electron chi connectivity index (χ4n) is 5.57. The zero-order valence-electron chi connectivity index (χ0n) is 20.5. The minimum Gasteiger partial charge on any atom is -0.307 e. The molecule has 2 heterocycles. The highest BCUT2D eigenvalue weighted by molar-refractivity contribution is 5.96. The molecule has 0 spiro atoms. The number of allylic oxidation sites excluding steroid dienone is 1. The monoisotopic (exact) mass is 454 g/mol. The molecule has 0 saturated carbocycles. The first-order valence-corrected chi connectivity index (χ1v) is 12.6. The Labute approximate surface area is 206 Å². The molecule has 35 heavy (non-hydrogen) atoms. The molecule has 172 valence electrons. The van der Waals surface area contributed by atoms with Gasteiger partial charge in [-0.05, 0) is 62.6 Å². The number of nitrogens with zero attached hydrogens (tertiary/aromatic N) is 2. The first kappa shape index (κ1) is 21.5. The minimum atomic E-state index is 0.986. The van der Waals surface area contributed by atoms with Gasteiger partial charge in [-0.15, -0.1) is 0 Å². The van der Waals surface area contributed by atoms with E-state index in [1.54, 1.807) is 0 Å². The summed E-state index contributed by atoms with van der Waals surface area (Å²) in [7, 11) is 0. The summed E-state index contributed by atoms with van der Waals surface area (Å²) in [5, 5.41) is 5.22. The second-order valence-electron chi connectivity index (χ2n) is 9.30. The molecule has 0 saturated heterocycles. The van der Waals surface area contributed by atoms with Crippen LogP contribution < -0.4 is 10.6 Å². The average molecular weight is 455 g/mol. The van der Waals surface area contributed by atoms with Crippen molar-refractivity contribution in [2.75, 3.05) is 0 Å². The van der Waals surface area contributed by atoms with Crippen molar-refractivity contribution in [1.82, 2.24) is 9.13 Å². The van der Waals surface area contributed by atoms with E-state index in [1.807, 2.05) is 6.08 Å². The van der Waals surface area contributed by atoms with E-state index in [-0.39, 0.29) is 0 Å². The fraction of sp³-hybridized carbons (Fsp3) is 0.152. The van der Waals surface area contributed by atoms with Crippen LogP contribution in [0.2, 0.25) is 0 Å². The molecule has 6 rings (SSSR count). The second-order valence-corrected chi connectivity index (χ2v) is 9.30. The summed E-state index contributed by atoms with van der Waals surface area (Å²) >= 11 is 0. The van der Waals surface area contributed by atoms with E-state index in [2.05, 4.69) is 121 Å². The Bertz CT molecular complexity index is 1750. The number of aryl methyl sites for hydroxylation is 1. The van der Waals surface area contributed by atoms with Gasteiger partial charge in [0.05, 0.1) is 28.1 Å². The summed E-state index contributed by atoms with van der Waals surface area (Å²) in [5.41, 5.74) is 8.46. The van der Waals surface area contributed by atoms with E-state index in [0.717, 1.165) is 19.3 Å². The Kier molecular flexibility index (Phi) is 5.30. The first-order valence-electron chi connectivity index (χ1n) is 12.6. The lowest BCUT2D eigenvalue weighted by Gasteiger charge is -2.17. The fourth-order valence-corrected chi connectivity index (χ4v) is 5.57. The van der Waals surface area contributed by atoms with Gasteiger partial charge in [0.15, 0.2) is 0 Å². The molecule has 0 fully saturated rings. The Balaban J connectivity index is 1.76. The first-order chi connectivity index (χ1) is 17.2. The molecule has 0 bridgehead atoms. The Morgan fingerprint density at radius 3 is 2.34 bits per heavy atom. The van der Waals surface area contributed by atoms with Crippen LogP contribution in [0.15, 0.2) is 79.4 Å². The molecule has 0 atom stereocenters. The van der Waals surface area contributed by atoms with E-state index in [9.17, 15) is 0 Å². The largest absolute Gasteiger partial charge is 0.307 e. The predicted octanol–water partition coefficient (Wildman–Crippen LogP) is 7.30. The van der Waals surface area contributed by atoms with Crippen LogP contribution in [0.4, 0.5) is 0 Å². The molecular weight excluding hydrogens is 424 g/mol. The van der Waals surface area contributed by atoms with Gasteiger partial charge in [-0.1, -0.05) is 79.8 Å². The Hall–Kier alpha value is -4.04. The van der Waals surface area contributed by atoms with Gasteiger partial charge in [-0.2, -0.15) is 0 Å². The second kappa shape index (κ2) is 8.63. The van der Waals surface area contributed by atoms with Gasteiger partial charge >= 0.3 is 0 Å². The standard InChI is InChI=1S/C33H30N2/c1-4-6-15-28-24(5-2)25-13-7-9-16-29(25)34(28)32-18-11-12-19-33(32)35-30-17-10-8-14-26(30)27-22-23(3)20-21-31(27)35/h5-7,9,11-22H,2,4,8,10H2,1,3H3/b15-6-. The van der Waals surface area contributed by atoms with Crippen molar-refractivity contribution in [3.05, 3.63) is 107 Å². The molecule has 0 unspecified atom stereocenters. The van der Waals surface area contributed by atoms with E-state index < -0.39 is 0 Å². The number of aromatic nitrogens is 2. The molecular formula is C33H30N2. The zero-order valence-corrected chi connectivity index (χ0v) is 20.5. The van der Waals surface area contributed by atoms with Crippen LogP contribution in [0.3, 0.4) is 0 Å². The number of para-hydroxylation sites is 3. The molecule has 0 aliphatic heterocycles. The highest BCUT2D eigenvalue weighted by Gasteiger charge is 2.19. The number of fused-ring (bicyclic) bond motifs is 4. The highest BCUT2D eigenvalue weighted by atomic mass is 15.1. The van der Waals surface area contributed by atoms with Crippen LogP contribution in [0, 0.1) is 6.92 Å². The van der Waals surface area contributed by atoms with Gasteiger partial charge in [0.2, 0.25) is 0 Å². The van der Waals surface area contributed by atoms with Crippen LogP contribution in [0.1, 0.15) is 43.0 Å². The summed E-state index contributed by atoms with van der Waals surface area (Å²) in [5.74, 6) is 0. The van der Waals surface area contributed by atoms with Crippen molar-refractivity contribution in [2.24, 2.45) is 0 Å². The number of benzene rings is 3. The van der Waals surface area contributed by atoms with Crippen LogP contribution in [0.25, 0.3) is 57.5 Å². The van der Waals surface area contributed by atoms with E-state index in [1.165, 1.54) is 60.6 Å². The van der Waals surface area contributed by atoms with Gasteiger partial charge < -0.3 is 9.13 Å². The van der Waals surface area contributed by atoms with E-state index in [4.69, 9.17) is 0 Å². The highest BCUT2D eigenvalue weighted by Crippen LogP contribution is 2.34. The SMILES string of the molecule is C=Cc1c(/C=C\CC)n(-c2ccccc2-n2c3c(c4cc(C)ccc42)=CCCC=3)c2ccccc12.